The van der Waals surface area contributed by atoms with Gasteiger partial charge in [0, 0.05) is 0 Å². The standard InChI is InChI=1S/C11H11F3N2/c12-11(13,14)8-3-1-4-9(7-8)16-6-2-5-10(16)15/h1,3-4,7,15H,2,5-6H2/p+1. The molecule has 0 saturated carbocycles. The van der Waals surface area contributed by atoms with E-state index in [4.69, 9.17) is 5.73 Å². The van der Waals surface area contributed by atoms with E-state index in [1.165, 1.54) is 6.07 Å². The van der Waals surface area contributed by atoms with E-state index in [1.54, 1.807) is 10.6 Å². The van der Waals surface area contributed by atoms with Crippen LogP contribution in [0.25, 0.3) is 0 Å². The molecule has 2 nitrogen and oxygen atoms in total. The predicted molar refractivity (Wildman–Crippen MR) is 54.7 cm³/mol. The lowest BCUT2D eigenvalue weighted by Crippen LogP contribution is -2.18. The first-order valence-corrected chi connectivity index (χ1v) is 5.04. The molecule has 1 heterocycles. The smallest absolute Gasteiger partial charge is 0.291 e. The Morgan fingerprint density at radius 2 is 2.00 bits per heavy atom. The summed E-state index contributed by atoms with van der Waals surface area (Å²) in [5.41, 5.74) is 5.62. The van der Waals surface area contributed by atoms with Crippen LogP contribution in [-0.2, 0) is 6.18 Å². The minimum Gasteiger partial charge on any atom is -0.291 e. The van der Waals surface area contributed by atoms with Crippen molar-refractivity contribution in [2.45, 2.75) is 19.0 Å². The minimum atomic E-state index is -4.30. The summed E-state index contributed by atoms with van der Waals surface area (Å²) in [4.78, 5) is 0. The largest absolute Gasteiger partial charge is 0.416 e. The van der Waals surface area contributed by atoms with Crippen LogP contribution in [0.4, 0.5) is 18.9 Å². The van der Waals surface area contributed by atoms with Crippen LogP contribution >= 0.6 is 0 Å². The summed E-state index contributed by atoms with van der Waals surface area (Å²) in [6.07, 6.45) is -2.66. The summed E-state index contributed by atoms with van der Waals surface area (Å²) in [6.45, 7) is 0.688. The van der Waals surface area contributed by atoms with Gasteiger partial charge in [0.1, 0.15) is 5.69 Å². The molecule has 0 fully saturated rings. The Hall–Kier alpha value is -1.52. The summed E-state index contributed by atoms with van der Waals surface area (Å²) in [5, 5.41) is 0. The van der Waals surface area contributed by atoms with Crippen molar-refractivity contribution in [1.82, 2.24) is 0 Å². The minimum absolute atomic E-state index is 0.518. The first-order valence-electron chi connectivity index (χ1n) is 5.04. The van der Waals surface area contributed by atoms with E-state index in [0.29, 0.717) is 18.1 Å². The number of hydrogen-bond acceptors (Lipinski definition) is 1. The second-order valence-electron chi connectivity index (χ2n) is 3.79. The quantitative estimate of drug-likeness (QED) is 0.736. The van der Waals surface area contributed by atoms with Crippen LogP contribution in [0, 0.1) is 0 Å². The number of rotatable bonds is 1. The lowest BCUT2D eigenvalue weighted by Gasteiger charge is -2.08. The van der Waals surface area contributed by atoms with Crippen LogP contribution in [-0.4, -0.2) is 17.0 Å². The fourth-order valence-electron chi connectivity index (χ4n) is 1.84. The van der Waals surface area contributed by atoms with E-state index in [1.807, 2.05) is 0 Å². The molecule has 2 rings (SSSR count). The molecule has 16 heavy (non-hydrogen) atoms. The molecule has 0 atom stereocenters. The van der Waals surface area contributed by atoms with Gasteiger partial charge in [0.25, 0.3) is 0 Å². The number of alkyl halides is 3. The van der Waals surface area contributed by atoms with Gasteiger partial charge in [0.15, 0.2) is 0 Å². The molecule has 1 aliphatic heterocycles. The van der Waals surface area contributed by atoms with Crippen molar-refractivity contribution in [3.8, 4) is 0 Å². The molecule has 5 heteroatoms. The van der Waals surface area contributed by atoms with E-state index in [9.17, 15) is 13.2 Å². The second kappa shape index (κ2) is 3.81. The van der Waals surface area contributed by atoms with E-state index >= 15 is 0 Å². The SMILES string of the molecule is NC1=[N+](c2cccc(C(F)(F)F)c2)CCC1. The van der Waals surface area contributed by atoms with E-state index < -0.39 is 11.7 Å². The third-order valence-corrected chi connectivity index (χ3v) is 2.65. The van der Waals surface area contributed by atoms with Crippen molar-refractivity contribution in [2.75, 3.05) is 6.54 Å². The van der Waals surface area contributed by atoms with Gasteiger partial charge in [-0.15, -0.1) is 0 Å². The zero-order valence-corrected chi connectivity index (χ0v) is 8.59. The van der Waals surface area contributed by atoms with Gasteiger partial charge in [-0.05, 0) is 24.6 Å². The molecule has 1 aliphatic rings. The first kappa shape index (κ1) is 11.0. The topological polar surface area (TPSA) is 29.0 Å². The van der Waals surface area contributed by atoms with Crippen molar-refractivity contribution in [3.63, 3.8) is 0 Å². The van der Waals surface area contributed by atoms with E-state index in [-0.39, 0.29) is 0 Å². The highest BCUT2D eigenvalue weighted by atomic mass is 19.4. The fourth-order valence-corrected chi connectivity index (χ4v) is 1.84. The molecular formula is C11H12F3N2+. The van der Waals surface area contributed by atoms with Gasteiger partial charge >= 0.3 is 6.18 Å². The number of nitrogens with zero attached hydrogens (tertiary/aromatic N) is 1. The number of benzene rings is 1. The van der Waals surface area contributed by atoms with Gasteiger partial charge < -0.3 is 0 Å². The molecule has 0 bridgehead atoms. The van der Waals surface area contributed by atoms with Crippen molar-refractivity contribution in [1.29, 1.82) is 0 Å². The maximum absolute atomic E-state index is 12.5. The average molecular weight is 229 g/mol. The van der Waals surface area contributed by atoms with Crippen molar-refractivity contribution < 1.29 is 17.7 Å². The van der Waals surface area contributed by atoms with Gasteiger partial charge in [-0.2, -0.15) is 13.2 Å². The van der Waals surface area contributed by atoms with Crippen molar-refractivity contribution in [3.05, 3.63) is 29.8 Å². The molecule has 0 spiro atoms. The molecule has 2 N–H and O–H groups in total. The fraction of sp³-hybridized carbons (Fsp3) is 0.364. The van der Waals surface area contributed by atoms with E-state index in [0.717, 1.165) is 25.0 Å². The van der Waals surface area contributed by atoms with Gasteiger partial charge in [0.2, 0.25) is 5.84 Å². The molecule has 0 unspecified atom stereocenters. The predicted octanol–water partition coefficient (Wildman–Crippen LogP) is 2.50. The number of hydrogen-bond donors (Lipinski definition) is 1. The zero-order chi connectivity index (χ0) is 11.8. The van der Waals surface area contributed by atoms with Gasteiger partial charge in [-0.25, -0.2) is 4.58 Å². The zero-order valence-electron chi connectivity index (χ0n) is 8.59. The van der Waals surface area contributed by atoms with Crippen LogP contribution in [0.15, 0.2) is 24.3 Å². The molecule has 0 amide bonds. The molecule has 0 aliphatic carbocycles. The molecule has 86 valence electrons. The first-order chi connectivity index (χ1) is 7.48. The van der Waals surface area contributed by atoms with Gasteiger partial charge in [-0.1, -0.05) is 6.07 Å². The lowest BCUT2D eigenvalue weighted by atomic mass is 10.2. The molecule has 1 aromatic rings. The summed E-state index contributed by atoms with van der Waals surface area (Å²) in [6, 6.07) is 5.26. The van der Waals surface area contributed by atoms with Crippen molar-refractivity contribution in [2.24, 2.45) is 5.73 Å². The summed E-state index contributed by atoms with van der Waals surface area (Å²) >= 11 is 0. The highest BCUT2D eigenvalue weighted by Crippen LogP contribution is 2.31. The maximum atomic E-state index is 12.5. The Morgan fingerprint density at radius 1 is 1.25 bits per heavy atom. The number of nitrogens with two attached hydrogens (primary N) is 1. The van der Waals surface area contributed by atoms with Crippen LogP contribution < -0.4 is 5.73 Å². The van der Waals surface area contributed by atoms with Crippen LogP contribution in [0.1, 0.15) is 18.4 Å². The van der Waals surface area contributed by atoms with Crippen LogP contribution in [0.2, 0.25) is 0 Å². The maximum Gasteiger partial charge on any atom is 0.416 e. The van der Waals surface area contributed by atoms with Gasteiger partial charge in [0.05, 0.1) is 18.5 Å². The van der Waals surface area contributed by atoms with Gasteiger partial charge in [-0.3, -0.25) is 5.73 Å². The van der Waals surface area contributed by atoms with Crippen LogP contribution in [0.5, 0.6) is 0 Å². The molecule has 0 saturated heterocycles. The van der Waals surface area contributed by atoms with Crippen molar-refractivity contribution >= 4 is 11.5 Å². The summed E-state index contributed by atoms with van der Waals surface area (Å²) in [7, 11) is 0. The number of amidine groups is 1. The molecular weight excluding hydrogens is 217 g/mol. The average Bonchev–Trinajstić information content (AvgIpc) is 2.63. The molecule has 1 aromatic carbocycles. The Morgan fingerprint density at radius 3 is 2.56 bits per heavy atom. The monoisotopic (exact) mass is 229 g/mol. The normalized spacial score (nSPS) is 16.9. The Kier molecular flexibility index (Phi) is 2.61. The summed E-state index contributed by atoms with van der Waals surface area (Å²) in [5.74, 6) is 0.638. The Labute approximate surface area is 91.2 Å². The van der Waals surface area contributed by atoms with Crippen LogP contribution in [0.3, 0.4) is 0 Å². The number of halogens is 3. The highest BCUT2D eigenvalue weighted by Gasteiger charge is 2.31. The Bertz CT molecular complexity index is 435. The third kappa shape index (κ3) is 2.03. The Balaban J connectivity index is 2.40. The van der Waals surface area contributed by atoms with E-state index in [2.05, 4.69) is 0 Å². The molecule has 0 aromatic heterocycles. The lowest BCUT2D eigenvalue weighted by molar-refractivity contribution is -0.432. The summed E-state index contributed by atoms with van der Waals surface area (Å²) < 4.78 is 39.2. The highest BCUT2D eigenvalue weighted by molar-refractivity contribution is 5.77. The third-order valence-electron chi connectivity index (χ3n) is 2.65. The second-order valence-corrected chi connectivity index (χ2v) is 3.79. The molecule has 0 radical (unpaired) electrons.